The SMILES string of the molecule is CCCCn1nnc(NC(=O)COc2cccc(C)c2)n1.Cl. The molecule has 2 rings (SSSR count). The van der Waals surface area contributed by atoms with Gasteiger partial charge < -0.3 is 4.74 Å². The Bertz CT molecular complexity index is 602. The van der Waals surface area contributed by atoms with E-state index in [9.17, 15) is 4.79 Å². The van der Waals surface area contributed by atoms with Crippen LogP contribution >= 0.6 is 12.4 Å². The molecule has 0 aliphatic heterocycles. The normalized spacial score (nSPS) is 9.91. The fraction of sp³-hybridized carbons (Fsp3) is 0.429. The standard InChI is InChI=1S/C14H19N5O2.ClH/c1-3-4-8-19-17-14(16-18-19)15-13(20)10-21-12-7-5-6-11(2)9-12;/h5-7,9H,3-4,8,10H2,1-2H3,(H,15,17,20);1H. The number of rotatable bonds is 7. The zero-order valence-electron chi connectivity index (χ0n) is 12.7. The summed E-state index contributed by atoms with van der Waals surface area (Å²) in [5.74, 6) is 0.542. The zero-order valence-corrected chi connectivity index (χ0v) is 13.5. The van der Waals surface area contributed by atoms with Crippen molar-refractivity contribution < 1.29 is 9.53 Å². The molecule has 0 spiro atoms. The number of aryl methyl sites for hydroxylation is 2. The third kappa shape index (κ3) is 5.69. The first-order chi connectivity index (χ1) is 10.2. The van der Waals surface area contributed by atoms with Crippen molar-refractivity contribution in [2.45, 2.75) is 33.2 Å². The van der Waals surface area contributed by atoms with Crippen LogP contribution in [0.3, 0.4) is 0 Å². The van der Waals surface area contributed by atoms with Crippen molar-refractivity contribution in [3.63, 3.8) is 0 Å². The summed E-state index contributed by atoms with van der Waals surface area (Å²) in [6, 6.07) is 7.51. The largest absolute Gasteiger partial charge is 0.484 e. The summed E-state index contributed by atoms with van der Waals surface area (Å²) in [4.78, 5) is 13.2. The van der Waals surface area contributed by atoms with E-state index in [0.29, 0.717) is 12.3 Å². The number of carbonyl (C=O) groups is 1. The van der Waals surface area contributed by atoms with Crippen molar-refractivity contribution in [1.29, 1.82) is 0 Å². The van der Waals surface area contributed by atoms with Crippen molar-refractivity contribution in [2.75, 3.05) is 11.9 Å². The van der Waals surface area contributed by atoms with Crippen molar-refractivity contribution in [3.05, 3.63) is 29.8 Å². The van der Waals surface area contributed by atoms with Gasteiger partial charge >= 0.3 is 0 Å². The van der Waals surface area contributed by atoms with Crippen LogP contribution < -0.4 is 10.1 Å². The van der Waals surface area contributed by atoms with Gasteiger partial charge in [0.2, 0.25) is 0 Å². The van der Waals surface area contributed by atoms with Crippen LogP contribution in [0.2, 0.25) is 0 Å². The van der Waals surface area contributed by atoms with Gasteiger partial charge in [-0.2, -0.15) is 4.80 Å². The minimum absolute atomic E-state index is 0. The Morgan fingerprint density at radius 2 is 2.23 bits per heavy atom. The van der Waals surface area contributed by atoms with Crippen LogP contribution in [0.25, 0.3) is 0 Å². The first kappa shape index (κ1) is 17.9. The number of tetrazole rings is 1. The van der Waals surface area contributed by atoms with Gasteiger partial charge in [0.1, 0.15) is 5.75 Å². The summed E-state index contributed by atoms with van der Waals surface area (Å²) < 4.78 is 5.40. The van der Waals surface area contributed by atoms with Gasteiger partial charge in [-0.15, -0.1) is 17.5 Å². The predicted molar refractivity (Wildman–Crippen MR) is 85.3 cm³/mol. The molecule has 8 heteroatoms. The maximum atomic E-state index is 11.7. The topological polar surface area (TPSA) is 81.9 Å². The minimum atomic E-state index is -0.313. The number of carbonyl (C=O) groups excluding carboxylic acids is 1. The average molecular weight is 326 g/mol. The molecule has 0 atom stereocenters. The molecule has 0 saturated carbocycles. The van der Waals surface area contributed by atoms with E-state index in [1.807, 2.05) is 25.1 Å². The highest BCUT2D eigenvalue weighted by Crippen LogP contribution is 2.12. The second-order valence-electron chi connectivity index (χ2n) is 4.72. The number of unbranched alkanes of at least 4 members (excludes halogenated alkanes) is 1. The summed E-state index contributed by atoms with van der Waals surface area (Å²) >= 11 is 0. The number of aromatic nitrogens is 4. The van der Waals surface area contributed by atoms with E-state index in [2.05, 4.69) is 27.7 Å². The third-order valence-corrected chi connectivity index (χ3v) is 2.78. The summed E-state index contributed by atoms with van der Waals surface area (Å²) in [7, 11) is 0. The maximum absolute atomic E-state index is 11.7. The first-order valence-corrected chi connectivity index (χ1v) is 6.94. The number of ether oxygens (including phenoxy) is 1. The highest BCUT2D eigenvalue weighted by atomic mass is 35.5. The Labute approximate surface area is 135 Å². The molecule has 1 aromatic carbocycles. The minimum Gasteiger partial charge on any atom is -0.484 e. The van der Waals surface area contributed by atoms with E-state index in [-0.39, 0.29) is 30.9 Å². The molecule has 0 unspecified atom stereocenters. The van der Waals surface area contributed by atoms with Crippen molar-refractivity contribution in [2.24, 2.45) is 0 Å². The molecule has 1 N–H and O–H groups in total. The molecule has 120 valence electrons. The van der Waals surface area contributed by atoms with E-state index in [1.54, 1.807) is 6.07 Å². The van der Waals surface area contributed by atoms with E-state index in [0.717, 1.165) is 18.4 Å². The van der Waals surface area contributed by atoms with Gasteiger partial charge in [0.25, 0.3) is 11.9 Å². The Morgan fingerprint density at radius 1 is 1.41 bits per heavy atom. The third-order valence-electron chi connectivity index (χ3n) is 2.78. The van der Waals surface area contributed by atoms with Gasteiger partial charge in [0, 0.05) is 0 Å². The molecule has 1 aromatic heterocycles. The molecule has 0 bridgehead atoms. The number of nitrogens with one attached hydrogen (secondary N) is 1. The lowest BCUT2D eigenvalue weighted by Gasteiger charge is -2.05. The van der Waals surface area contributed by atoms with Crippen LogP contribution in [0.1, 0.15) is 25.3 Å². The van der Waals surface area contributed by atoms with E-state index >= 15 is 0 Å². The second-order valence-corrected chi connectivity index (χ2v) is 4.72. The summed E-state index contributed by atoms with van der Waals surface area (Å²) in [6.07, 6.45) is 2.02. The van der Waals surface area contributed by atoms with Gasteiger partial charge in [0.15, 0.2) is 6.61 Å². The van der Waals surface area contributed by atoms with Gasteiger partial charge in [-0.25, -0.2) is 0 Å². The van der Waals surface area contributed by atoms with Gasteiger partial charge in [-0.3, -0.25) is 10.1 Å². The van der Waals surface area contributed by atoms with Crippen molar-refractivity contribution >= 4 is 24.3 Å². The van der Waals surface area contributed by atoms with E-state index in [4.69, 9.17) is 4.74 Å². The van der Waals surface area contributed by atoms with Gasteiger partial charge in [-0.1, -0.05) is 30.6 Å². The van der Waals surface area contributed by atoms with Gasteiger partial charge in [-0.05, 0) is 36.3 Å². The smallest absolute Gasteiger partial charge is 0.270 e. The lowest BCUT2D eigenvalue weighted by atomic mass is 10.2. The fourth-order valence-corrected chi connectivity index (χ4v) is 1.70. The van der Waals surface area contributed by atoms with Crippen LogP contribution in [0.4, 0.5) is 5.95 Å². The lowest BCUT2D eigenvalue weighted by Crippen LogP contribution is -2.21. The summed E-state index contributed by atoms with van der Waals surface area (Å²) in [5.41, 5.74) is 1.08. The molecular formula is C14H20ClN5O2. The molecule has 1 heterocycles. The summed E-state index contributed by atoms with van der Waals surface area (Å²) in [6.45, 7) is 4.65. The van der Waals surface area contributed by atoms with Crippen molar-refractivity contribution in [3.8, 4) is 5.75 Å². The highest BCUT2D eigenvalue weighted by Gasteiger charge is 2.08. The molecule has 2 aromatic rings. The number of hydrogen-bond acceptors (Lipinski definition) is 5. The molecular weight excluding hydrogens is 306 g/mol. The summed E-state index contributed by atoms with van der Waals surface area (Å²) in [5, 5.41) is 14.2. The second kappa shape index (κ2) is 8.99. The molecule has 0 saturated heterocycles. The van der Waals surface area contributed by atoms with E-state index < -0.39 is 0 Å². The Hall–Kier alpha value is -2.15. The van der Waals surface area contributed by atoms with Crippen LogP contribution in [0, 0.1) is 6.92 Å². The number of hydrogen-bond donors (Lipinski definition) is 1. The van der Waals surface area contributed by atoms with Crippen LogP contribution in [0.5, 0.6) is 5.75 Å². The van der Waals surface area contributed by atoms with Crippen LogP contribution in [0.15, 0.2) is 24.3 Å². The average Bonchev–Trinajstić information content (AvgIpc) is 2.90. The monoisotopic (exact) mass is 325 g/mol. The fourth-order valence-electron chi connectivity index (χ4n) is 1.70. The molecule has 1 amide bonds. The number of halogens is 1. The zero-order chi connectivity index (χ0) is 15.1. The molecule has 22 heavy (non-hydrogen) atoms. The predicted octanol–water partition coefficient (Wildman–Crippen LogP) is 2.22. The van der Waals surface area contributed by atoms with Crippen LogP contribution in [-0.4, -0.2) is 32.7 Å². The molecule has 0 aliphatic rings. The van der Waals surface area contributed by atoms with Crippen LogP contribution in [-0.2, 0) is 11.3 Å². The quantitative estimate of drug-likeness (QED) is 0.844. The molecule has 0 radical (unpaired) electrons. The molecule has 7 nitrogen and oxygen atoms in total. The Balaban J connectivity index is 0.00000242. The molecule has 0 aliphatic carbocycles. The number of amides is 1. The number of anilines is 1. The van der Waals surface area contributed by atoms with Gasteiger partial charge in [0.05, 0.1) is 6.54 Å². The molecule has 0 fully saturated rings. The van der Waals surface area contributed by atoms with E-state index in [1.165, 1.54) is 4.80 Å². The number of benzene rings is 1. The number of nitrogens with zero attached hydrogens (tertiary/aromatic N) is 4. The lowest BCUT2D eigenvalue weighted by molar-refractivity contribution is -0.118. The Morgan fingerprint density at radius 3 is 2.95 bits per heavy atom. The Kier molecular flexibility index (Phi) is 7.31. The van der Waals surface area contributed by atoms with Crippen molar-refractivity contribution in [1.82, 2.24) is 20.2 Å². The first-order valence-electron chi connectivity index (χ1n) is 6.94. The highest BCUT2D eigenvalue weighted by molar-refractivity contribution is 5.90. The maximum Gasteiger partial charge on any atom is 0.270 e.